The van der Waals surface area contributed by atoms with Crippen molar-refractivity contribution >= 4 is 21.6 Å². The molecule has 0 radical (unpaired) electrons. The largest absolute Gasteiger partial charge is 0.497 e. The molecule has 2 rings (SSSR count). The summed E-state index contributed by atoms with van der Waals surface area (Å²) >= 11 is 0. The fourth-order valence-electron chi connectivity index (χ4n) is 2.56. The minimum Gasteiger partial charge on any atom is -0.497 e. The van der Waals surface area contributed by atoms with Crippen molar-refractivity contribution in [1.82, 2.24) is 5.32 Å². The van der Waals surface area contributed by atoms with Gasteiger partial charge in [0.15, 0.2) is 0 Å². The highest BCUT2D eigenvalue weighted by molar-refractivity contribution is 7.92. The molecule has 0 saturated heterocycles. The van der Waals surface area contributed by atoms with Gasteiger partial charge < -0.3 is 10.1 Å². The van der Waals surface area contributed by atoms with Gasteiger partial charge in [-0.1, -0.05) is 26.0 Å². The Morgan fingerprint density at radius 1 is 1.11 bits per heavy atom. The van der Waals surface area contributed by atoms with E-state index in [-0.39, 0.29) is 16.1 Å². The number of nitrogens with one attached hydrogen (secondary N) is 2. The van der Waals surface area contributed by atoms with Gasteiger partial charge in [0.25, 0.3) is 15.9 Å². The van der Waals surface area contributed by atoms with Crippen molar-refractivity contribution in [3.63, 3.8) is 0 Å². The molecule has 1 amide bonds. The number of amides is 1. The van der Waals surface area contributed by atoms with E-state index in [0.29, 0.717) is 11.7 Å². The van der Waals surface area contributed by atoms with Crippen molar-refractivity contribution < 1.29 is 17.9 Å². The third-order valence-electron chi connectivity index (χ3n) is 4.19. The molecule has 0 aliphatic heterocycles. The number of carbonyl (C=O) groups excluding carboxylic acids is 1. The lowest BCUT2D eigenvalue weighted by atomic mass is 10.0. The van der Waals surface area contributed by atoms with Crippen molar-refractivity contribution in [2.45, 2.75) is 31.6 Å². The van der Waals surface area contributed by atoms with Gasteiger partial charge in [0.1, 0.15) is 5.75 Å². The molecule has 6 nitrogen and oxygen atoms in total. The second-order valence-electron chi connectivity index (χ2n) is 6.67. The van der Waals surface area contributed by atoms with Crippen molar-refractivity contribution in [3.05, 3.63) is 53.6 Å². The Kier molecular flexibility index (Phi) is 6.85. The van der Waals surface area contributed by atoms with Gasteiger partial charge in [-0.2, -0.15) is 0 Å². The molecule has 0 aromatic heterocycles. The number of carbonyl (C=O) groups is 1. The summed E-state index contributed by atoms with van der Waals surface area (Å²) in [5, 5.41) is 2.50. The molecular formula is C20H26N2O4S. The van der Waals surface area contributed by atoms with E-state index in [9.17, 15) is 13.2 Å². The van der Waals surface area contributed by atoms with E-state index in [0.717, 1.165) is 18.4 Å². The molecule has 0 saturated carbocycles. The maximum absolute atomic E-state index is 12.7. The molecule has 0 aliphatic carbocycles. The molecular weight excluding hydrogens is 364 g/mol. The number of rotatable bonds is 8. The summed E-state index contributed by atoms with van der Waals surface area (Å²) in [6.07, 6.45) is 1.95. The fourth-order valence-corrected chi connectivity index (χ4v) is 3.64. The molecule has 2 aromatic rings. The molecule has 0 heterocycles. The highest BCUT2D eigenvalue weighted by Crippen LogP contribution is 2.25. The molecule has 7 heteroatoms. The van der Waals surface area contributed by atoms with E-state index >= 15 is 0 Å². The number of hydrogen-bond acceptors (Lipinski definition) is 4. The second kappa shape index (κ2) is 8.90. The van der Waals surface area contributed by atoms with Crippen LogP contribution < -0.4 is 14.8 Å². The standard InChI is InChI=1S/C20H26N2O4S/c1-14(2)5-6-15-7-10-17(11-8-15)27(24,25)22-19-12-9-16(26-4)13-18(19)20(23)21-3/h7-14,22H,5-6H2,1-4H3,(H,21,23). The predicted molar refractivity (Wildman–Crippen MR) is 107 cm³/mol. The fraction of sp³-hybridized carbons (Fsp3) is 0.350. The van der Waals surface area contributed by atoms with Gasteiger partial charge >= 0.3 is 0 Å². The minimum atomic E-state index is -3.82. The van der Waals surface area contributed by atoms with Crippen LogP contribution in [0.3, 0.4) is 0 Å². The Hall–Kier alpha value is -2.54. The van der Waals surface area contributed by atoms with Gasteiger partial charge in [-0.3, -0.25) is 9.52 Å². The summed E-state index contributed by atoms with van der Waals surface area (Å²) in [5.41, 5.74) is 1.48. The van der Waals surface area contributed by atoms with Crippen LogP contribution in [0.25, 0.3) is 0 Å². The zero-order valence-corrected chi connectivity index (χ0v) is 16.9. The molecule has 2 aromatic carbocycles. The summed E-state index contributed by atoms with van der Waals surface area (Å²) in [6, 6.07) is 11.4. The Bertz CT molecular complexity index is 891. The van der Waals surface area contributed by atoms with Crippen molar-refractivity contribution in [3.8, 4) is 5.75 Å². The lowest BCUT2D eigenvalue weighted by Crippen LogP contribution is -2.21. The summed E-state index contributed by atoms with van der Waals surface area (Å²) in [4.78, 5) is 12.2. The van der Waals surface area contributed by atoms with Gasteiger partial charge in [0, 0.05) is 7.05 Å². The van der Waals surface area contributed by atoms with Crippen LogP contribution in [-0.2, 0) is 16.4 Å². The first-order valence-corrected chi connectivity index (χ1v) is 10.3. The third kappa shape index (κ3) is 5.47. The summed E-state index contributed by atoms with van der Waals surface area (Å²) in [7, 11) is -0.854. The molecule has 0 atom stereocenters. The molecule has 0 unspecified atom stereocenters. The van der Waals surface area contributed by atoms with E-state index in [4.69, 9.17) is 4.74 Å². The number of ether oxygens (including phenoxy) is 1. The van der Waals surface area contributed by atoms with E-state index in [1.807, 2.05) is 12.1 Å². The SMILES string of the molecule is CNC(=O)c1cc(OC)ccc1NS(=O)(=O)c1ccc(CCC(C)C)cc1. The number of anilines is 1. The molecule has 0 fully saturated rings. The monoisotopic (exact) mass is 390 g/mol. The third-order valence-corrected chi connectivity index (χ3v) is 5.57. The average molecular weight is 391 g/mol. The van der Waals surface area contributed by atoms with Crippen molar-refractivity contribution in [1.29, 1.82) is 0 Å². The smallest absolute Gasteiger partial charge is 0.261 e. The van der Waals surface area contributed by atoms with Gasteiger partial charge in [-0.15, -0.1) is 0 Å². The Labute approximate surface area is 161 Å². The average Bonchev–Trinajstić information content (AvgIpc) is 2.66. The zero-order valence-electron chi connectivity index (χ0n) is 16.1. The first kappa shape index (κ1) is 20.8. The summed E-state index contributed by atoms with van der Waals surface area (Å²) < 4.78 is 33.1. The van der Waals surface area contributed by atoms with Crippen LogP contribution in [0.1, 0.15) is 36.2 Å². The topological polar surface area (TPSA) is 84.5 Å². The van der Waals surface area contributed by atoms with Crippen LogP contribution in [0.4, 0.5) is 5.69 Å². The molecule has 146 valence electrons. The summed E-state index contributed by atoms with van der Waals surface area (Å²) in [6.45, 7) is 4.31. The Morgan fingerprint density at radius 2 is 1.78 bits per heavy atom. The maximum atomic E-state index is 12.7. The van der Waals surface area contributed by atoms with Crippen LogP contribution in [0.15, 0.2) is 47.4 Å². The number of benzene rings is 2. The lowest BCUT2D eigenvalue weighted by molar-refractivity contribution is 0.0963. The van der Waals surface area contributed by atoms with Gasteiger partial charge in [-0.05, 0) is 54.7 Å². The Morgan fingerprint density at radius 3 is 2.33 bits per heavy atom. The van der Waals surface area contributed by atoms with Crippen LogP contribution >= 0.6 is 0 Å². The lowest BCUT2D eigenvalue weighted by Gasteiger charge is -2.13. The van der Waals surface area contributed by atoms with E-state index in [1.54, 1.807) is 18.2 Å². The van der Waals surface area contributed by atoms with Crippen LogP contribution in [0.2, 0.25) is 0 Å². The van der Waals surface area contributed by atoms with Crippen LogP contribution in [-0.4, -0.2) is 28.5 Å². The zero-order chi connectivity index (χ0) is 20.0. The van der Waals surface area contributed by atoms with Crippen LogP contribution in [0, 0.1) is 5.92 Å². The van der Waals surface area contributed by atoms with Crippen LogP contribution in [0.5, 0.6) is 5.75 Å². The van der Waals surface area contributed by atoms with Crippen molar-refractivity contribution in [2.75, 3.05) is 18.9 Å². The quantitative estimate of drug-likeness (QED) is 0.723. The maximum Gasteiger partial charge on any atom is 0.261 e. The number of methoxy groups -OCH3 is 1. The van der Waals surface area contributed by atoms with Crippen molar-refractivity contribution in [2.24, 2.45) is 5.92 Å². The number of hydrogen-bond donors (Lipinski definition) is 2. The van der Waals surface area contributed by atoms with Gasteiger partial charge in [0.2, 0.25) is 0 Å². The second-order valence-corrected chi connectivity index (χ2v) is 8.36. The first-order valence-electron chi connectivity index (χ1n) is 8.78. The molecule has 0 spiro atoms. The number of aryl methyl sites for hydroxylation is 1. The van der Waals surface area contributed by atoms with E-state index in [2.05, 4.69) is 23.9 Å². The van der Waals surface area contributed by atoms with Gasteiger partial charge in [-0.25, -0.2) is 8.42 Å². The number of sulfonamides is 1. The summed E-state index contributed by atoms with van der Waals surface area (Å²) in [5.74, 6) is 0.648. The molecule has 0 aliphatic rings. The minimum absolute atomic E-state index is 0.148. The Balaban J connectivity index is 2.27. The molecule has 27 heavy (non-hydrogen) atoms. The van der Waals surface area contributed by atoms with E-state index < -0.39 is 15.9 Å². The first-order chi connectivity index (χ1) is 12.8. The predicted octanol–water partition coefficient (Wildman–Crippen LogP) is 3.44. The molecule has 2 N–H and O–H groups in total. The molecule has 0 bridgehead atoms. The van der Waals surface area contributed by atoms with E-state index in [1.165, 1.54) is 26.3 Å². The highest BCUT2D eigenvalue weighted by Gasteiger charge is 2.19. The highest BCUT2D eigenvalue weighted by atomic mass is 32.2. The normalized spacial score (nSPS) is 11.3. The van der Waals surface area contributed by atoms with Gasteiger partial charge in [0.05, 0.1) is 23.3 Å².